The van der Waals surface area contributed by atoms with Crippen molar-refractivity contribution < 1.29 is 22.7 Å². The molecule has 1 saturated carbocycles. The lowest BCUT2D eigenvalue weighted by atomic mass is 9.87. The number of likely N-dealkylation sites (tertiary alicyclic amines) is 1. The van der Waals surface area contributed by atoms with Crippen molar-refractivity contribution in [3.8, 4) is 0 Å². The number of hydrogen-bond acceptors (Lipinski definition) is 6. The van der Waals surface area contributed by atoms with Crippen molar-refractivity contribution >= 4 is 33.9 Å². The molecule has 202 valence electrons. The highest BCUT2D eigenvalue weighted by Gasteiger charge is 2.36. The van der Waals surface area contributed by atoms with Crippen LogP contribution in [0, 0.1) is 0 Å². The van der Waals surface area contributed by atoms with Gasteiger partial charge in [-0.1, -0.05) is 18.7 Å². The van der Waals surface area contributed by atoms with Crippen LogP contribution in [0.4, 0.5) is 29.5 Å². The zero-order chi connectivity index (χ0) is 27.0. The number of ether oxygens (including phenoxy) is 1. The molecule has 2 fully saturated rings. The Labute approximate surface area is 215 Å². The number of halogens is 3. The van der Waals surface area contributed by atoms with Crippen LogP contribution >= 0.6 is 0 Å². The molecule has 3 N–H and O–H groups in total. The second kappa shape index (κ2) is 10.4. The number of nitrogens with one attached hydrogen (secondary N) is 3. The molecule has 1 saturated heterocycles. The maximum atomic E-state index is 13.7. The van der Waals surface area contributed by atoms with Crippen molar-refractivity contribution in [2.24, 2.45) is 0 Å². The smallest absolute Gasteiger partial charge is 0.417 e. The van der Waals surface area contributed by atoms with E-state index < -0.39 is 23.4 Å². The molecule has 10 heteroatoms. The SMILES string of the molecule is C=C(c1nc(NC2CC(NC(=O)OC(C)(C)C)C2)cc2c(NC3CCN(C)CC3)cccc12)C(F)(F)F. The first-order valence-corrected chi connectivity index (χ1v) is 12.7. The van der Waals surface area contributed by atoms with Gasteiger partial charge >= 0.3 is 12.3 Å². The Morgan fingerprint density at radius 3 is 2.35 bits per heavy atom. The highest BCUT2D eigenvalue weighted by molar-refractivity contribution is 6.01. The van der Waals surface area contributed by atoms with Gasteiger partial charge in [-0.05, 0) is 78.7 Å². The summed E-state index contributed by atoms with van der Waals surface area (Å²) in [4.78, 5) is 18.6. The Kier molecular flexibility index (Phi) is 7.60. The Bertz CT molecular complexity index is 1150. The standard InChI is InChI=1S/C27H36F3N5O2/c1-16(27(28,29)30)24-20-7-6-8-22(31-17-9-11-35(5)12-10-17)21(20)15-23(34-24)32-18-13-19(14-18)33-25(36)37-26(2,3)4/h6-8,15,17-19,31H,1,9-14H2,2-5H3,(H,32,34)(H,33,36). The molecule has 1 aromatic carbocycles. The molecule has 0 spiro atoms. The van der Waals surface area contributed by atoms with Crippen LogP contribution in [-0.4, -0.2) is 66.0 Å². The van der Waals surface area contributed by atoms with E-state index in [1.807, 2.05) is 6.07 Å². The lowest BCUT2D eigenvalue weighted by Gasteiger charge is -2.37. The van der Waals surface area contributed by atoms with Gasteiger partial charge in [0.15, 0.2) is 0 Å². The van der Waals surface area contributed by atoms with Crippen molar-refractivity contribution in [2.45, 2.75) is 76.4 Å². The van der Waals surface area contributed by atoms with E-state index in [4.69, 9.17) is 4.74 Å². The Balaban J connectivity index is 1.55. The number of alkyl carbamates (subject to hydrolysis) is 1. The number of carbonyl (C=O) groups excluding carboxylic acids is 1. The third-order valence-corrected chi connectivity index (χ3v) is 6.79. The average molecular weight is 520 g/mol. The molecule has 0 atom stereocenters. The van der Waals surface area contributed by atoms with Gasteiger partial charge in [0.1, 0.15) is 11.4 Å². The molecular formula is C27H36F3N5O2. The molecule has 0 bridgehead atoms. The van der Waals surface area contributed by atoms with Crippen LogP contribution in [0.25, 0.3) is 16.3 Å². The van der Waals surface area contributed by atoms with Gasteiger partial charge in [-0.15, -0.1) is 0 Å². The van der Waals surface area contributed by atoms with Crippen molar-refractivity contribution in [1.82, 2.24) is 15.2 Å². The lowest BCUT2D eigenvalue weighted by molar-refractivity contribution is -0.0688. The van der Waals surface area contributed by atoms with Gasteiger partial charge in [-0.3, -0.25) is 0 Å². The van der Waals surface area contributed by atoms with E-state index in [1.54, 1.807) is 39.0 Å². The van der Waals surface area contributed by atoms with Gasteiger partial charge in [0.25, 0.3) is 0 Å². The van der Waals surface area contributed by atoms with Crippen molar-refractivity contribution in [3.63, 3.8) is 0 Å². The van der Waals surface area contributed by atoms with Gasteiger partial charge in [-0.2, -0.15) is 13.2 Å². The van der Waals surface area contributed by atoms with Gasteiger partial charge in [0.2, 0.25) is 0 Å². The first-order chi connectivity index (χ1) is 17.3. The van der Waals surface area contributed by atoms with Gasteiger partial charge in [0, 0.05) is 34.6 Å². The summed E-state index contributed by atoms with van der Waals surface area (Å²) in [7, 11) is 2.08. The van der Waals surface area contributed by atoms with Crippen LogP contribution in [0.5, 0.6) is 0 Å². The van der Waals surface area contributed by atoms with Gasteiger partial charge in [-0.25, -0.2) is 9.78 Å². The fourth-order valence-electron chi connectivity index (χ4n) is 4.75. The number of carbonyl (C=O) groups is 1. The topological polar surface area (TPSA) is 78.5 Å². The summed E-state index contributed by atoms with van der Waals surface area (Å²) >= 11 is 0. The zero-order valence-corrected chi connectivity index (χ0v) is 21.8. The molecule has 7 nitrogen and oxygen atoms in total. The molecular weight excluding hydrogens is 483 g/mol. The fraction of sp³-hybridized carbons (Fsp3) is 0.556. The third kappa shape index (κ3) is 6.85. The monoisotopic (exact) mass is 519 g/mol. The number of rotatable bonds is 6. The molecule has 0 radical (unpaired) electrons. The highest BCUT2D eigenvalue weighted by atomic mass is 19.4. The van der Waals surface area contributed by atoms with Crippen LogP contribution < -0.4 is 16.0 Å². The van der Waals surface area contributed by atoms with E-state index >= 15 is 0 Å². The number of anilines is 2. The fourth-order valence-corrected chi connectivity index (χ4v) is 4.75. The third-order valence-electron chi connectivity index (χ3n) is 6.79. The van der Waals surface area contributed by atoms with Gasteiger partial charge in [0.05, 0.1) is 11.3 Å². The van der Waals surface area contributed by atoms with Crippen molar-refractivity contribution in [3.05, 3.63) is 36.5 Å². The van der Waals surface area contributed by atoms with Gasteiger partial charge < -0.3 is 25.6 Å². The second-order valence-corrected chi connectivity index (χ2v) is 11.1. The number of pyridine rings is 1. The lowest BCUT2D eigenvalue weighted by Crippen LogP contribution is -2.50. The average Bonchev–Trinajstić information content (AvgIpc) is 2.76. The summed E-state index contributed by atoms with van der Waals surface area (Å²) in [5.74, 6) is 0.353. The number of nitrogens with zero attached hydrogens (tertiary/aromatic N) is 2. The van der Waals surface area contributed by atoms with Crippen molar-refractivity contribution in [1.29, 1.82) is 0 Å². The summed E-state index contributed by atoms with van der Waals surface area (Å²) in [6.07, 6.45) is -1.94. The molecule has 1 amide bonds. The predicted molar refractivity (Wildman–Crippen MR) is 141 cm³/mol. The minimum absolute atomic E-state index is 0.0362. The van der Waals surface area contributed by atoms with E-state index in [0.29, 0.717) is 29.4 Å². The summed E-state index contributed by atoms with van der Waals surface area (Å²) in [5.41, 5.74) is -0.957. The summed E-state index contributed by atoms with van der Waals surface area (Å²) in [6, 6.07) is 7.24. The Morgan fingerprint density at radius 1 is 1.05 bits per heavy atom. The molecule has 2 heterocycles. The minimum Gasteiger partial charge on any atom is -0.444 e. The van der Waals surface area contributed by atoms with E-state index in [2.05, 4.69) is 39.5 Å². The molecule has 1 aliphatic carbocycles. The number of aromatic nitrogens is 1. The number of piperidine rings is 1. The summed E-state index contributed by atoms with van der Waals surface area (Å²) < 4.78 is 46.4. The molecule has 2 aliphatic rings. The maximum Gasteiger partial charge on any atom is 0.417 e. The van der Waals surface area contributed by atoms with Crippen LogP contribution in [0.2, 0.25) is 0 Å². The number of benzene rings is 1. The largest absolute Gasteiger partial charge is 0.444 e. The molecule has 4 rings (SSSR count). The number of allylic oxidation sites excluding steroid dienone is 1. The number of fused-ring (bicyclic) bond motifs is 1. The Hall–Kier alpha value is -3.01. The van der Waals surface area contributed by atoms with E-state index in [0.717, 1.165) is 31.6 Å². The van der Waals surface area contributed by atoms with Crippen LogP contribution in [0.15, 0.2) is 30.8 Å². The molecule has 1 aromatic heterocycles. The van der Waals surface area contributed by atoms with E-state index in [9.17, 15) is 18.0 Å². The number of amides is 1. The van der Waals surface area contributed by atoms with Crippen LogP contribution in [0.1, 0.15) is 52.1 Å². The molecule has 0 unspecified atom stereocenters. The Morgan fingerprint density at radius 2 is 1.73 bits per heavy atom. The number of hydrogen-bond donors (Lipinski definition) is 3. The minimum atomic E-state index is -4.60. The molecule has 37 heavy (non-hydrogen) atoms. The first kappa shape index (κ1) is 27.0. The summed E-state index contributed by atoms with van der Waals surface area (Å²) in [6.45, 7) is 10.6. The predicted octanol–water partition coefficient (Wildman–Crippen LogP) is 5.78. The number of alkyl halides is 3. The zero-order valence-electron chi connectivity index (χ0n) is 21.8. The first-order valence-electron chi connectivity index (χ1n) is 12.7. The maximum absolute atomic E-state index is 13.7. The molecule has 1 aliphatic heterocycles. The highest BCUT2D eigenvalue weighted by Crippen LogP contribution is 2.38. The van der Waals surface area contributed by atoms with Crippen LogP contribution in [0.3, 0.4) is 0 Å². The molecule has 2 aromatic rings. The van der Waals surface area contributed by atoms with E-state index in [1.165, 1.54) is 0 Å². The van der Waals surface area contributed by atoms with E-state index in [-0.39, 0.29) is 23.8 Å². The second-order valence-electron chi connectivity index (χ2n) is 11.1. The quantitative estimate of drug-likeness (QED) is 0.449. The normalized spacial score (nSPS) is 21.3. The summed E-state index contributed by atoms with van der Waals surface area (Å²) in [5, 5.41) is 10.7. The van der Waals surface area contributed by atoms with Crippen LogP contribution in [-0.2, 0) is 4.74 Å². The van der Waals surface area contributed by atoms with Crippen molar-refractivity contribution in [2.75, 3.05) is 30.8 Å².